The SMILES string of the molecule is Cc1cc(CBr)ccc1Oc1ccccc1. The summed E-state index contributed by atoms with van der Waals surface area (Å²) in [5.74, 6) is 1.79. The molecule has 0 atom stereocenters. The standard InChI is InChI=1S/C14H13BrO/c1-11-9-12(10-15)7-8-14(11)16-13-5-3-2-4-6-13/h2-9H,10H2,1H3. The average Bonchev–Trinajstić information content (AvgIpc) is 2.33. The topological polar surface area (TPSA) is 9.23 Å². The Morgan fingerprint density at radius 2 is 1.81 bits per heavy atom. The molecule has 0 bridgehead atoms. The van der Waals surface area contributed by atoms with Crippen LogP contribution in [-0.2, 0) is 5.33 Å². The molecule has 0 aliphatic carbocycles. The lowest BCUT2D eigenvalue weighted by Crippen LogP contribution is -1.88. The summed E-state index contributed by atoms with van der Waals surface area (Å²) < 4.78 is 5.79. The molecule has 0 aliphatic heterocycles. The lowest BCUT2D eigenvalue weighted by atomic mass is 10.1. The lowest BCUT2D eigenvalue weighted by molar-refractivity contribution is 0.479. The largest absolute Gasteiger partial charge is 0.457 e. The van der Waals surface area contributed by atoms with Crippen LogP contribution in [0.1, 0.15) is 11.1 Å². The van der Waals surface area contributed by atoms with Crippen LogP contribution in [0, 0.1) is 6.92 Å². The Hall–Kier alpha value is -1.28. The highest BCUT2D eigenvalue weighted by Crippen LogP contribution is 2.25. The van der Waals surface area contributed by atoms with E-state index in [0.717, 1.165) is 22.4 Å². The second-order valence-corrected chi connectivity index (χ2v) is 4.21. The highest BCUT2D eigenvalue weighted by Gasteiger charge is 2.01. The minimum Gasteiger partial charge on any atom is -0.457 e. The number of hydrogen-bond donors (Lipinski definition) is 0. The van der Waals surface area contributed by atoms with Crippen molar-refractivity contribution in [1.82, 2.24) is 0 Å². The van der Waals surface area contributed by atoms with Crippen LogP contribution in [0.3, 0.4) is 0 Å². The fourth-order valence-electron chi connectivity index (χ4n) is 1.52. The number of para-hydroxylation sites is 1. The van der Waals surface area contributed by atoms with Crippen molar-refractivity contribution in [2.24, 2.45) is 0 Å². The maximum absolute atomic E-state index is 5.79. The number of rotatable bonds is 3. The second kappa shape index (κ2) is 5.17. The third kappa shape index (κ3) is 2.64. The molecule has 0 amide bonds. The number of hydrogen-bond acceptors (Lipinski definition) is 1. The van der Waals surface area contributed by atoms with Crippen molar-refractivity contribution >= 4 is 15.9 Å². The monoisotopic (exact) mass is 276 g/mol. The molecule has 2 aromatic carbocycles. The third-order valence-electron chi connectivity index (χ3n) is 2.36. The van der Waals surface area contributed by atoms with E-state index in [0.29, 0.717) is 0 Å². The molecule has 0 saturated heterocycles. The molecule has 2 heteroatoms. The summed E-state index contributed by atoms with van der Waals surface area (Å²) in [6, 6.07) is 16.0. The normalized spacial score (nSPS) is 10.1. The number of halogens is 1. The number of alkyl halides is 1. The third-order valence-corrected chi connectivity index (χ3v) is 3.01. The summed E-state index contributed by atoms with van der Waals surface area (Å²) in [4.78, 5) is 0. The van der Waals surface area contributed by atoms with E-state index in [1.165, 1.54) is 5.56 Å². The molecule has 0 radical (unpaired) electrons. The van der Waals surface area contributed by atoms with Gasteiger partial charge in [-0.25, -0.2) is 0 Å². The first-order chi connectivity index (χ1) is 7.79. The highest BCUT2D eigenvalue weighted by atomic mass is 79.9. The minimum absolute atomic E-state index is 0.872. The van der Waals surface area contributed by atoms with Gasteiger partial charge in [0.1, 0.15) is 11.5 Å². The Morgan fingerprint density at radius 3 is 2.44 bits per heavy atom. The highest BCUT2D eigenvalue weighted by molar-refractivity contribution is 9.08. The van der Waals surface area contributed by atoms with Crippen molar-refractivity contribution in [3.05, 3.63) is 59.7 Å². The van der Waals surface area contributed by atoms with Gasteiger partial charge >= 0.3 is 0 Å². The first-order valence-electron chi connectivity index (χ1n) is 5.18. The van der Waals surface area contributed by atoms with Gasteiger partial charge in [0.2, 0.25) is 0 Å². The smallest absolute Gasteiger partial charge is 0.130 e. The molecule has 82 valence electrons. The molecule has 0 aromatic heterocycles. The van der Waals surface area contributed by atoms with Crippen LogP contribution in [0.25, 0.3) is 0 Å². The van der Waals surface area contributed by atoms with E-state index in [-0.39, 0.29) is 0 Å². The first-order valence-corrected chi connectivity index (χ1v) is 6.30. The number of benzene rings is 2. The summed E-state index contributed by atoms with van der Waals surface area (Å²) in [5, 5.41) is 0.874. The zero-order valence-electron chi connectivity index (χ0n) is 9.11. The Bertz CT molecular complexity index is 465. The van der Waals surface area contributed by atoms with Crippen LogP contribution in [0.2, 0.25) is 0 Å². The van der Waals surface area contributed by atoms with E-state index >= 15 is 0 Å². The van der Waals surface area contributed by atoms with E-state index in [1.807, 2.05) is 36.4 Å². The fourth-order valence-corrected chi connectivity index (χ4v) is 1.87. The van der Waals surface area contributed by atoms with Crippen LogP contribution in [0.5, 0.6) is 11.5 Å². The van der Waals surface area contributed by atoms with Gasteiger partial charge in [-0.2, -0.15) is 0 Å². The second-order valence-electron chi connectivity index (χ2n) is 3.65. The molecular weight excluding hydrogens is 264 g/mol. The van der Waals surface area contributed by atoms with Gasteiger partial charge in [-0.05, 0) is 36.2 Å². The average molecular weight is 277 g/mol. The maximum atomic E-state index is 5.79. The van der Waals surface area contributed by atoms with Gasteiger partial charge in [0.15, 0.2) is 0 Å². The van der Waals surface area contributed by atoms with Crippen LogP contribution in [0.15, 0.2) is 48.5 Å². The molecule has 0 N–H and O–H groups in total. The minimum atomic E-state index is 0.872. The molecule has 0 spiro atoms. The van der Waals surface area contributed by atoms with Crippen molar-refractivity contribution in [3.63, 3.8) is 0 Å². The van der Waals surface area contributed by atoms with Crippen molar-refractivity contribution < 1.29 is 4.74 Å². The molecule has 2 rings (SSSR count). The molecular formula is C14H13BrO. The Balaban J connectivity index is 2.22. The Kier molecular flexibility index (Phi) is 3.62. The van der Waals surface area contributed by atoms with Crippen molar-refractivity contribution in [2.45, 2.75) is 12.3 Å². The first kappa shape index (κ1) is 11.2. The Morgan fingerprint density at radius 1 is 1.06 bits per heavy atom. The van der Waals surface area contributed by atoms with E-state index in [4.69, 9.17) is 4.74 Å². The molecule has 16 heavy (non-hydrogen) atoms. The molecule has 1 nitrogen and oxygen atoms in total. The van der Waals surface area contributed by atoms with Gasteiger partial charge in [-0.3, -0.25) is 0 Å². The molecule has 0 fully saturated rings. The number of aryl methyl sites for hydroxylation is 1. The van der Waals surface area contributed by atoms with E-state index in [1.54, 1.807) is 0 Å². The van der Waals surface area contributed by atoms with Gasteiger partial charge in [0.05, 0.1) is 0 Å². The quantitative estimate of drug-likeness (QED) is 0.740. The van der Waals surface area contributed by atoms with Gasteiger partial charge in [-0.15, -0.1) is 0 Å². The zero-order chi connectivity index (χ0) is 11.4. The maximum Gasteiger partial charge on any atom is 0.130 e. The summed E-state index contributed by atoms with van der Waals surface area (Å²) >= 11 is 3.44. The van der Waals surface area contributed by atoms with E-state index in [2.05, 4.69) is 35.0 Å². The van der Waals surface area contributed by atoms with Crippen LogP contribution >= 0.6 is 15.9 Å². The van der Waals surface area contributed by atoms with Crippen LogP contribution in [0.4, 0.5) is 0 Å². The predicted molar refractivity (Wildman–Crippen MR) is 70.3 cm³/mol. The molecule has 0 saturated carbocycles. The van der Waals surface area contributed by atoms with E-state index < -0.39 is 0 Å². The molecule has 0 unspecified atom stereocenters. The summed E-state index contributed by atoms with van der Waals surface area (Å²) in [6.07, 6.45) is 0. The van der Waals surface area contributed by atoms with Crippen molar-refractivity contribution in [1.29, 1.82) is 0 Å². The van der Waals surface area contributed by atoms with E-state index in [9.17, 15) is 0 Å². The molecule has 2 aromatic rings. The Labute approximate surface area is 104 Å². The zero-order valence-corrected chi connectivity index (χ0v) is 10.7. The van der Waals surface area contributed by atoms with Gasteiger partial charge in [0.25, 0.3) is 0 Å². The lowest BCUT2D eigenvalue weighted by Gasteiger charge is -2.09. The van der Waals surface area contributed by atoms with Crippen LogP contribution in [-0.4, -0.2) is 0 Å². The molecule has 0 heterocycles. The summed E-state index contributed by atoms with van der Waals surface area (Å²) in [7, 11) is 0. The molecule has 0 aliphatic rings. The number of ether oxygens (including phenoxy) is 1. The fraction of sp³-hybridized carbons (Fsp3) is 0.143. The van der Waals surface area contributed by atoms with Crippen LogP contribution < -0.4 is 4.74 Å². The van der Waals surface area contributed by atoms with Crippen molar-refractivity contribution in [3.8, 4) is 11.5 Å². The van der Waals surface area contributed by atoms with Gasteiger partial charge in [-0.1, -0.05) is 46.3 Å². The summed E-state index contributed by atoms with van der Waals surface area (Å²) in [6.45, 7) is 2.06. The predicted octanol–water partition coefficient (Wildman–Crippen LogP) is 4.68. The van der Waals surface area contributed by atoms with Gasteiger partial charge in [0, 0.05) is 5.33 Å². The van der Waals surface area contributed by atoms with Crippen molar-refractivity contribution in [2.75, 3.05) is 0 Å². The summed E-state index contributed by atoms with van der Waals surface area (Å²) in [5.41, 5.74) is 2.42. The van der Waals surface area contributed by atoms with Gasteiger partial charge < -0.3 is 4.74 Å².